The van der Waals surface area contributed by atoms with Gasteiger partial charge in [-0.05, 0) is 43.7 Å². The summed E-state index contributed by atoms with van der Waals surface area (Å²) in [5.41, 5.74) is 4.71. The molecule has 2 N–H and O–H groups in total. The summed E-state index contributed by atoms with van der Waals surface area (Å²) in [7, 11) is 1.62. The molecule has 4 heteroatoms. The Hall–Kier alpha value is -2.75. The second-order valence-corrected chi connectivity index (χ2v) is 5.35. The van der Waals surface area contributed by atoms with Crippen molar-refractivity contribution >= 4 is 22.8 Å². The Balaban J connectivity index is 2.06. The van der Waals surface area contributed by atoms with Gasteiger partial charge in [0.1, 0.15) is 5.75 Å². The third kappa shape index (κ3) is 2.55. The van der Waals surface area contributed by atoms with Gasteiger partial charge < -0.3 is 14.8 Å². The SMILES string of the molecule is COc1ccc2[nH]c(O)c(C=Nc3ccc(C)cc3C)c2c1. The molecule has 3 aromatic rings. The van der Waals surface area contributed by atoms with Crippen LogP contribution in [0, 0.1) is 13.8 Å². The number of hydrogen-bond donors (Lipinski definition) is 2. The number of aromatic amines is 1. The summed E-state index contributed by atoms with van der Waals surface area (Å²) in [6, 6.07) is 11.7. The van der Waals surface area contributed by atoms with Gasteiger partial charge in [0.05, 0.1) is 18.4 Å². The number of H-pyrrole nitrogens is 1. The van der Waals surface area contributed by atoms with E-state index in [1.165, 1.54) is 5.56 Å². The maximum Gasteiger partial charge on any atom is 0.198 e. The first-order valence-electron chi connectivity index (χ1n) is 7.08. The normalized spacial score (nSPS) is 11.4. The van der Waals surface area contributed by atoms with E-state index in [1.54, 1.807) is 13.3 Å². The van der Waals surface area contributed by atoms with Crippen LogP contribution < -0.4 is 4.74 Å². The summed E-state index contributed by atoms with van der Waals surface area (Å²) in [4.78, 5) is 7.46. The molecule has 0 fully saturated rings. The number of nitrogens with zero attached hydrogens (tertiary/aromatic N) is 1. The Bertz CT molecular complexity index is 863. The van der Waals surface area contributed by atoms with Crippen molar-refractivity contribution in [3.63, 3.8) is 0 Å². The van der Waals surface area contributed by atoms with Crippen molar-refractivity contribution in [2.75, 3.05) is 7.11 Å². The van der Waals surface area contributed by atoms with Gasteiger partial charge in [-0.25, -0.2) is 0 Å². The molecule has 22 heavy (non-hydrogen) atoms. The highest BCUT2D eigenvalue weighted by Crippen LogP contribution is 2.29. The van der Waals surface area contributed by atoms with Crippen LogP contribution in [0.3, 0.4) is 0 Å². The fraction of sp³-hybridized carbons (Fsp3) is 0.167. The number of hydrogen-bond acceptors (Lipinski definition) is 3. The maximum absolute atomic E-state index is 10.1. The first-order valence-corrected chi connectivity index (χ1v) is 7.08. The van der Waals surface area contributed by atoms with E-state index in [1.807, 2.05) is 37.3 Å². The summed E-state index contributed by atoms with van der Waals surface area (Å²) < 4.78 is 5.24. The fourth-order valence-electron chi connectivity index (χ4n) is 2.52. The summed E-state index contributed by atoms with van der Waals surface area (Å²) in [6.07, 6.45) is 1.69. The highest BCUT2D eigenvalue weighted by Gasteiger charge is 2.10. The lowest BCUT2D eigenvalue weighted by molar-refractivity contribution is 0.415. The second kappa shape index (κ2) is 5.56. The van der Waals surface area contributed by atoms with Crippen molar-refractivity contribution in [3.05, 3.63) is 53.1 Å². The van der Waals surface area contributed by atoms with E-state index in [-0.39, 0.29) is 5.88 Å². The van der Waals surface area contributed by atoms with E-state index in [4.69, 9.17) is 4.74 Å². The predicted molar refractivity (Wildman–Crippen MR) is 89.7 cm³/mol. The molecule has 0 unspecified atom stereocenters. The first-order chi connectivity index (χ1) is 10.6. The molecule has 2 aromatic carbocycles. The van der Waals surface area contributed by atoms with Gasteiger partial charge in [0.2, 0.25) is 0 Å². The quantitative estimate of drug-likeness (QED) is 0.709. The van der Waals surface area contributed by atoms with Gasteiger partial charge in [0.25, 0.3) is 0 Å². The molecule has 0 amide bonds. The Kier molecular flexibility index (Phi) is 3.59. The molecule has 0 aliphatic carbocycles. The van der Waals surface area contributed by atoms with Gasteiger partial charge in [0, 0.05) is 17.1 Å². The lowest BCUT2D eigenvalue weighted by atomic mass is 10.1. The zero-order chi connectivity index (χ0) is 15.7. The van der Waals surface area contributed by atoms with Crippen LogP contribution in [0.5, 0.6) is 11.6 Å². The lowest BCUT2D eigenvalue weighted by Gasteiger charge is -2.01. The Labute approximate surface area is 129 Å². The lowest BCUT2D eigenvalue weighted by Crippen LogP contribution is -1.84. The van der Waals surface area contributed by atoms with Gasteiger partial charge in [-0.2, -0.15) is 0 Å². The van der Waals surface area contributed by atoms with Crippen LogP contribution in [-0.2, 0) is 0 Å². The highest BCUT2D eigenvalue weighted by atomic mass is 16.5. The molecule has 1 heterocycles. The summed E-state index contributed by atoms with van der Waals surface area (Å²) in [5, 5.41) is 11.0. The molecule has 3 rings (SSSR count). The van der Waals surface area contributed by atoms with Gasteiger partial charge in [-0.3, -0.25) is 4.99 Å². The number of rotatable bonds is 3. The van der Waals surface area contributed by atoms with E-state index in [0.29, 0.717) is 5.56 Å². The molecule has 0 saturated heterocycles. The number of benzene rings is 2. The van der Waals surface area contributed by atoms with E-state index in [0.717, 1.165) is 27.9 Å². The average molecular weight is 294 g/mol. The molecule has 1 aromatic heterocycles. The topological polar surface area (TPSA) is 57.6 Å². The largest absolute Gasteiger partial charge is 0.497 e. The van der Waals surface area contributed by atoms with Crippen LogP contribution >= 0.6 is 0 Å². The minimum atomic E-state index is 0.108. The second-order valence-electron chi connectivity index (χ2n) is 5.35. The van der Waals surface area contributed by atoms with Crippen LogP contribution in [0.4, 0.5) is 5.69 Å². The van der Waals surface area contributed by atoms with Gasteiger partial charge in [0.15, 0.2) is 5.88 Å². The van der Waals surface area contributed by atoms with Crippen LogP contribution in [0.2, 0.25) is 0 Å². The number of fused-ring (bicyclic) bond motifs is 1. The average Bonchev–Trinajstić information content (AvgIpc) is 2.81. The van der Waals surface area contributed by atoms with Crippen molar-refractivity contribution < 1.29 is 9.84 Å². The third-order valence-electron chi connectivity index (χ3n) is 3.71. The first kappa shape index (κ1) is 14.2. The van der Waals surface area contributed by atoms with Gasteiger partial charge >= 0.3 is 0 Å². The minimum Gasteiger partial charge on any atom is -0.497 e. The Morgan fingerprint density at radius 2 is 1.95 bits per heavy atom. The zero-order valence-electron chi connectivity index (χ0n) is 12.8. The number of nitrogens with one attached hydrogen (secondary N) is 1. The number of aromatic nitrogens is 1. The molecule has 112 valence electrons. The van der Waals surface area contributed by atoms with E-state index >= 15 is 0 Å². The Morgan fingerprint density at radius 3 is 2.68 bits per heavy atom. The number of aryl methyl sites for hydroxylation is 2. The number of ether oxygens (including phenoxy) is 1. The molecule has 0 radical (unpaired) electrons. The molecule has 4 nitrogen and oxygen atoms in total. The van der Waals surface area contributed by atoms with E-state index in [2.05, 4.69) is 23.0 Å². The summed E-state index contributed by atoms with van der Waals surface area (Å²) >= 11 is 0. The molecule has 0 atom stereocenters. The molecular weight excluding hydrogens is 276 g/mol. The predicted octanol–water partition coefficient (Wildman–Crippen LogP) is 4.25. The number of aliphatic imine (C=N–C) groups is 1. The van der Waals surface area contributed by atoms with Crippen molar-refractivity contribution in [1.82, 2.24) is 4.98 Å². The molecule has 0 saturated carbocycles. The molecule has 0 aliphatic rings. The monoisotopic (exact) mass is 294 g/mol. The zero-order valence-corrected chi connectivity index (χ0v) is 12.8. The molecule has 0 spiro atoms. The molecule has 0 bridgehead atoms. The van der Waals surface area contributed by atoms with Crippen LogP contribution in [0.15, 0.2) is 41.4 Å². The minimum absolute atomic E-state index is 0.108. The molecular formula is C18H18N2O2. The van der Waals surface area contributed by atoms with Crippen LogP contribution in [0.1, 0.15) is 16.7 Å². The van der Waals surface area contributed by atoms with E-state index < -0.39 is 0 Å². The number of aromatic hydroxyl groups is 1. The van der Waals surface area contributed by atoms with Crippen LogP contribution in [-0.4, -0.2) is 23.4 Å². The van der Waals surface area contributed by atoms with E-state index in [9.17, 15) is 5.11 Å². The summed E-state index contributed by atoms with van der Waals surface area (Å²) in [5.74, 6) is 0.851. The third-order valence-corrected chi connectivity index (χ3v) is 3.71. The number of methoxy groups -OCH3 is 1. The maximum atomic E-state index is 10.1. The van der Waals surface area contributed by atoms with Gasteiger partial charge in [-0.1, -0.05) is 17.7 Å². The van der Waals surface area contributed by atoms with Crippen LogP contribution in [0.25, 0.3) is 10.9 Å². The van der Waals surface area contributed by atoms with Crippen molar-refractivity contribution in [2.24, 2.45) is 4.99 Å². The van der Waals surface area contributed by atoms with Crippen molar-refractivity contribution in [1.29, 1.82) is 0 Å². The smallest absolute Gasteiger partial charge is 0.198 e. The molecule has 0 aliphatic heterocycles. The van der Waals surface area contributed by atoms with Crippen molar-refractivity contribution in [3.8, 4) is 11.6 Å². The van der Waals surface area contributed by atoms with Gasteiger partial charge in [-0.15, -0.1) is 0 Å². The Morgan fingerprint density at radius 1 is 1.14 bits per heavy atom. The summed E-state index contributed by atoms with van der Waals surface area (Å²) in [6.45, 7) is 4.08. The highest BCUT2D eigenvalue weighted by molar-refractivity contribution is 6.03. The standard InChI is InChI=1S/C18H18N2O2/c1-11-4-6-16(12(2)8-11)19-10-15-14-9-13(22-3)5-7-17(14)20-18(15)21/h4-10,20-21H,1-3H3. The van der Waals surface area contributed by atoms with Crippen molar-refractivity contribution in [2.45, 2.75) is 13.8 Å². The fourth-order valence-corrected chi connectivity index (χ4v) is 2.52.